The Balaban J connectivity index is 1.26. The van der Waals surface area contributed by atoms with Crippen LogP contribution in [0.3, 0.4) is 0 Å². The van der Waals surface area contributed by atoms with Gasteiger partial charge in [-0.3, -0.25) is 9.59 Å². The monoisotopic (exact) mass is 464 g/mol. The zero-order chi connectivity index (χ0) is 24.0. The van der Waals surface area contributed by atoms with Crippen molar-refractivity contribution in [3.63, 3.8) is 0 Å². The number of carbonyl (C=O) groups is 2. The second kappa shape index (κ2) is 9.14. The molecule has 0 aromatic rings. The second-order valence-corrected chi connectivity index (χ2v) is 12.6. The third-order valence-corrected chi connectivity index (χ3v) is 9.94. The number of epoxide rings is 2. The Bertz CT molecular complexity index is 743. The van der Waals surface area contributed by atoms with Gasteiger partial charge in [-0.2, -0.15) is 0 Å². The Kier molecular flexibility index (Phi) is 6.92. The van der Waals surface area contributed by atoms with Crippen molar-refractivity contribution in [3.05, 3.63) is 0 Å². The minimum absolute atomic E-state index is 0.0530. The van der Waals surface area contributed by atoms with E-state index in [0.717, 1.165) is 44.9 Å². The van der Waals surface area contributed by atoms with Crippen molar-refractivity contribution in [2.75, 3.05) is 13.2 Å². The Morgan fingerprint density at radius 2 is 1.36 bits per heavy atom. The molecule has 6 heteroatoms. The molecule has 0 N–H and O–H groups in total. The van der Waals surface area contributed by atoms with E-state index in [9.17, 15) is 9.59 Å². The molecule has 2 heterocycles. The molecule has 33 heavy (non-hydrogen) atoms. The highest BCUT2D eigenvalue weighted by Crippen LogP contribution is 2.55. The highest BCUT2D eigenvalue weighted by molar-refractivity contribution is 5.91. The van der Waals surface area contributed by atoms with Crippen LogP contribution in [-0.2, 0) is 28.5 Å². The molecule has 4 rings (SSSR count). The molecule has 0 radical (unpaired) electrons. The van der Waals surface area contributed by atoms with Crippen LogP contribution in [0.4, 0.5) is 0 Å². The SMILES string of the molecule is CCC1(C)CCC2OC2CC1COC(=O)CC(=O)OCC1CC2OC2CCC1(C)C(C)(C)C. The fourth-order valence-electron chi connectivity index (χ4n) is 6.29. The lowest BCUT2D eigenvalue weighted by Gasteiger charge is -2.47. The first kappa shape index (κ1) is 25.0. The maximum absolute atomic E-state index is 12.5. The van der Waals surface area contributed by atoms with Gasteiger partial charge in [-0.1, -0.05) is 48.0 Å². The van der Waals surface area contributed by atoms with Crippen molar-refractivity contribution in [3.8, 4) is 0 Å². The number of rotatable bonds is 7. The van der Waals surface area contributed by atoms with Crippen LogP contribution in [0.25, 0.3) is 0 Å². The Morgan fingerprint density at radius 1 is 0.848 bits per heavy atom. The van der Waals surface area contributed by atoms with Crippen LogP contribution in [0, 0.1) is 28.1 Å². The highest BCUT2D eigenvalue weighted by atomic mass is 16.6. The smallest absolute Gasteiger partial charge is 0.317 e. The molecule has 8 atom stereocenters. The Morgan fingerprint density at radius 3 is 1.91 bits per heavy atom. The van der Waals surface area contributed by atoms with Gasteiger partial charge in [0.15, 0.2) is 0 Å². The van der Waals surface area contributed by atoms with E-state index in [-0.39, 0.29) is 34.5 Å². The average molecular weight is 465 g/mol. The summed E-state index contributed by atoms with van der Waals surface area (Å²) in [6.45, 7) is 14.3. The topological polar surface area (TPSA) is 77.7 Å². The first-order valence-corrected chi connectivity index (χ1v) is 13.1. The number of hydrogen-bond donors (Lipinski definition) is 0. The van der Waals surface area contributed by atoms with Gasteiger partial charge in [-0.15, -0.1) is 0 Å². The molecule has 2 saturated heterocycles. The van der Waals surface area contributed by atoms with Crippen LogP contribution in [-0.4, -0.2) is 49.6 Å². The van der Waals surface area contributed by atoms with Crippen molar-refractivity contribution >= 4 is 11.9 Å². The minimum Gasteiger partial charge on any atom is -0.465 e. The molecular weight excluding hydrogens is 420 g/mol. The van der Waals surface area contributed by atoms with E-state index in [4.69, 9.17) is 18.9 Å². The van der Waals surface area contributed by atoms with Gasteiger partial charge in [0.25, 0.3) is 0 Å². The molecule has 0 spiro atoms. The zero-order valence-electron chi connectivity index (χ0n) is 21.5. The summed E-state index contributed by atoms with van der Waals surface area (Å²) in [5.41, 5.74) is 0.295. The van der Waals surface area contributed by atoms with Gasteiger partial charge in [-0.25, -0.2) is 0 Å². The summed E-state index contributed by atoms with van der Waals surface area (Å²) in [4.78, 5) is 25.0. The molecule has 2 aliphatic heterocycles. The number of esters is 2. The van der Waals surface area contributed by atoms with Gasteiger partial charge in [0.1, 0.15) is 6.42 Å². The van der Waals surface area contributed by atoms with Gasteiger partial charge in [0.05, 0.1) is 37.6 Å². The Labute approximate surface area is 199 Å². The normalized spacial score (nSPS) is 42.2. The molecule has 4 aliphatic rings. The first-order valence-electron chi connectivity index (χ1n) is 13.1. The maximum atomic E-state index is 12.5. The van der Waals surface area contributed by atoms with E-state index in [0.29, 0.717) is 37.6 Å². The van der Waals surface area contributed by atoms with Crippen LogP contribution < -0.4 is 0 Å². The van der Waals surface area contributed by atoms with Crippen molar-refractivity contribution in [2.45, 2.75) is 117 Å². The lowest BCUT2D eigenvalue weighted by Crippen LogP contribution is -2.42. The van der Waals surface area contributed by atoms with E-state index in [1.165, 1.54) is 0 Å². The van der Waals surface area contributed by atoms with Gasteiger partial charge >= 0.3 is 11.9 Å². The van der Waals surface area contributed by atoms with Crippen LogP contribution in [0.5, 0.6) is 0 Å². The van der Waals surface area contributed by atoms with Crippen molar-refractivity contribution in [2.24, 2.45) is 28.1 Å². The van der Waals surface area contributed by atoms with E-state index >= 15 is 0 Å². The predicted molar refractivity (Wildman–Crippen MR) is 124 cm³/mol. The summed E-state index contributed by atoms with van der Waals surface area (Å²) in [6, 6.07) is 0. The van der Waals surface area contributed by atoms with E-state index in [2.05, 4.69) is 41.5 Å². The molecule has 0 bridgehead atoms. The third kappa shape index (κ3) is 5.42. The van der Waals surface area contributed by atoms with Gasteiger partial charge in [0, 0.05) is 11.8 Å². The van der Waals surface area contributed by atoms with Crippen LogP contribution in [0.15, 0.2) is 0 Å². The number of carbonyl (C=O) groups excluding carboxylic acids is 2. The number of hydrogen-bond acceptors (Lipinski definition) is 6. The van der Waals surface area contributed by atoms with Crippen molar-refractivity contribution in [1.29, 1.82) is 0 Å². The maximum Gasteiger partial charge on any atom is 0.317 e. The highest BCUT2D eigenvalue weighted by Gasteiger charge is 2.53. The summed E-state index contributed by atoms with van der Waals surface area (Å²) in [7, 11) is 0. The zero-order valence-corrected chi connectivity index (χ0v) is 21.5. The average Bonchev–Trinajstić information content (AvgIpc) is 3.64. The van der Waals surface area contributed by atoms with Crippen molar-refractivity contribution < 1.29 is 28.5 Å². The molecule has 0 amide bonds. The van der Waals surface area contributed by atoms with E-state index in [1.807, 2.05) is 0 Å². The van der Waals surface area contributed by atoms with Crippen molar-refractivity contribution in [1.82, 2.24) is 0 Å². The van der Waals surface area contributed by atoms with Crippen LogP contribution >= 0.6 is 0 Å². The molecule has 188 valence electrons. The molecule has 0 aromatic heterocycles. The fourth-order valence-corrected chi connectivity index (χ4v) is 6.29. The third-order valence-electron chi connectivity index (χ3n) is 9.94. The number of ether oxygens (including phenoxy) is 4. The molecule has 6 nitrogen and oxygen atoms in total. The first-order chi connectivity index (χ1) is 15.4. The summed E-state index contributed by atoms with van der Waals surface area (Å²) >= 11 is 0. The van der Waals surface area contributed by atoms with Crippen LogP contribution in [0.1, 0.15) is 92.9 Å². The van der Waals surface area contributed by atoms with Gasteiger partial charge < -0.3 is 18.9 Å². The minimum atomic E-state index is -0.488. The van der Waals surface area contributed by atoms with Gasteiger partial charge in [0.2, 0.25) is 0 Å². The predicted octanol–water partition coefficient (Wildman–Crippen LogP) is 5.07. The molecule has 4 fully saturated rings. The lowest BCUT2D eigenvalue weighted by molar-refractivity contribution is -0.158. The molecule has 0 aromatic carbocycles. The number of fused-ring (bicyclic) bond motifs is 2. The standard InChI is InChI=1S/C27H44O6/c1-7-26(5)10-8-19-21(32-19)12-17(26)15-30-23(28)14-24(29)31-16-18-13-22-20(33-22)9-11-27(18,6)25(2,3)4/h17-22H,7-16H2,1-6H3. The summed E-state index contributed by atoms with van der Waals surface area (Å²) in [5.74, 6) is -0.484. The molecule has 8 unspecified atom stereocenters. The van der Waals surface area contributed by atoms with Crippen LogP contribution in [0.2, 0.25) is 0 Å². The summed E-state index contributed by atoms with van der Waals surface area (Å²) < 4.78 is 22.7. The second-order valence-electron chi connectivity index (χ2n) is 12.6. The molecule has 2 aliphatic carbocycles. The summed E-state index contributed by atoms with van der Waals surface area (Å²) in [5, 5.41) is 0. The van der Waals surface area contributed by atoms with Gasteiger partial charge in [-0.05, 0) is 54.8 Å². The summed E-state index contributed by atoms with van der Waals surface area (Å²) in [6.07, 6.45) is 8.27. The molecular formula is C27H44O6. The Hall–Kier alpha value is -1.14. The largest absolute Gasteiger partial charge is 0.465 e. The quantitative estimate of drug-likeness (QED) is 0.297. The lowest BCUT2D eigenvalue weighted by atomic mass is 9.59. The molecule has 2 saturated carbocycles. The fraction of sp³-hybridized carbons (Fsp3) is 0.926. The van der Waals surface area contributed by atoms with E-state index < -0.39 is 11.9 Å². The van der Waals surface area contributed by atoms with E-state index in [1.54, 1.807) is 0 Å².